The largest absolute Gasteiger partial charge is 0.485 e. The number of hydrogen-bond donors (Lipinski definition) is 3. The van der Waals surface area contributed by atoms with Crippen LogP contribution in [0.15, 0.2) is 77.8 Å². The molecule has 17 nitrogen and oxygen atoms in total. The second-order valence-electron chi connectivity index (χ2n) is 20.1. The maximum Gasteiger partial charge on any atom is 0.316 e. The molecule has 2 aliphatic carbocycles. The van der Waals surface area contributed by atoms with Crippen molar-refractivity contribution in [2.45, 2.75) is 107 Å². The fraction of sp³-hybridized carbons (Fsp3) is 0.490. The van der Waals surface area contributed by atoms with E-state index in [0.29, 0.717) is 49.9 Å². The zero-order valence-electron chi connectivity index (χ0n) is 39.4. The van der Waals surface area contributed by atoms with Crippen molar-refractivity contribution in [3.8, 4) is 28.9 Å². The van der Waals surface area contributed by atoms with E-state index in [1.165, 1.54) is 24.3 Å². The summed E-state index contributed by atoms with van der Waals surface area (Å²) in [6, 6.07) is 20.0. The van der Waals surface area contributed by atoms with Gasteiger partial charge in [-0.2, -0.15) is 4.98 Å². The Morgan fingerprint density at radius 1 is 1.00 bits per heavy atom. The normalized spacial score (nSPS) is 24.0. The van der Waals surface area contributed by atoms with Gasteiger partial charge in [0.25, 0.3) is 21.8 Å². The molecule has 0 unspecified atom stereocenters. The summed E-state index contributed by atoms with van der Waals surface area (Å²) in [5.74, 6) is -0.511. The minimum atomic E-state index is -4.73. The van der Waals surface area contributed by atoms with Crippen LogP contribution in [-0.4, -0.2) is 104 Å². The molecule has 366 valence electrons. The Balaban J connectivity index is 0.876. The van der Waals surface area contributed by atoms with Gasteiger partial charge in [0.05, 0.1) is 47.3 Å². The van der Waals surface area contributed by atoms with Crippen molar-refractivity contribution in [2.24, 2.45) is 11.3 Å². The van der Waals surface area contributed by atoms with Gasteiger partial charge in [-0.3, -0.25) is 19.8 Å². The Labute approximate surface area is 401 Å². The van der Waals surface area contributed by atoms with Crippen LogP contribution in [0.3, 0.4) is 0 Å². The van der Waals surface area contributed by atoms with Crippen molar-refractivity contribution in [3.05, 3.63) is 99.7 Å². The second-order valence-corrected chi connectivity index (χ2v) is 21.8. The number of anilines is 1. The summed E-state index contributed by atoms with van der Waals surface area (Å²) in [6.45, 7) is 10.2. The summed E-state index contributed by atoms with van der Waals surface area (Å²) >= 11 is 0. The molecule has 5 aromatic rings. The number of amides is 1. The maximum absolute atomic E-state index is 14.2. The number of aromatic amines is 1. The molecule has 4 fully saturated rings. The average Bonchev–Trinajstić information content (AvgIpc) is 3.79. The number of nitro benzene ring substituents is 1. The Bertz CT molecular complexity index is 2860. The number of aliphatic hydroxyl groups is 1. The van der Waals surface area contributed by atoms with E-state index >= 15 is 0 Å². The summed E-state index contributed by atoms with van der Waals surface area (Å²) in [7, 11) is -3.28. The molecule has 0 radical (unpaired) electrons. The minimum Gasteiger partial charge on any atom is -0.485 e. The lowest BCUT2D eigenvalue weighted by atomic mass is 9.59. The Morgan fingerprint density at radius 3 is 2.51 bits per heavy atom. The number of sulfonamides is 1. The molecule has 1 spiro atoms. The maximum atomic E-state index is 14.2. The van der Waals surface area contributed by atoms with Crippen LogP contribution in [0.4, 0.5) is 11.4 Å². The van der Waals surface area contributed by atoms with Crippen LogP contribution < -0.4 is 28.6 Å². The van der Waals surface area contributed by atoms with E-state index in [2.05, 4.69) is 62.6 Å². The zero-order chi connectivity index (χ0) is 48.2. The van der Waals surface area contributed by atoms with Crippen LogP contribution in [0.25, 0.3) is 11.0 Å². The predicted octanol–water partition coefficient (Wildman–Crippen LogP) is 8.42. The molecule has 2 saturated carbocycles. The fourth-order valence-corrected chi connectivity index (χ4v) is 12.3. The number of carbonyl (C=O) groups excluding carboxylic acids is 1. The van der Waals surface area contributed by atoms with Gasteiger partial charge in [0, 0.05) is 61.1 Å². The van der Waals surface area contributed by atoms with Gasteiger partial charge in [-0.05, 0) is 111 Å². The summed E-state index contributed by atoms with van der Waals surface area (Å²) in [5.41, 5.74) is 2.83. The number of benzene rings is 3. The highest BCUT2D eigenvalue weighted by Gasteiger charge is 2.50. The van der Waals surface area contributed by atoms with Gasteiger partial charge in [-0.1, -0.05) is 38.1 Å². The number of pyridine rings is 1. The lowest BCUT2D eigenvalue weighted by Gasteiger charge is -2.57. The number of rotatable bonds is 12. The molecule has 2 saturated heterocycles. The van der Waals surface area contributed by atoms with Crippen LogP contribution in [0.2, 0.25) is 0 Å². The molecule has 2 atom stereocenters. The van der Waals surface area contributed by atoms with Gasteiger partial charge < -0.3 is 38.7 Å². The molecule has 5 aliphatic rings. The van der Waals surface area contributed by atoms with Crippen molar-refractivity contribution >= 4 is 38.3 Å². The number of aromatic nitrogens is 2. The summed E-state index contributed by atoms with van der Waals surface area (Å²) in [5, 5.41) is 23.6. The third-order valence-electron chi connectivity index (χ3n) is 15.3. The highest BCUT2D eigenvalue weighted by atomic mass is 32.2. The van der Waals surface area contributed by atoms with Crippen molar-refractivity contribution in [1.29, 1.82) is 0 Å². The first-order valence-electron chi connectivity index (χ1n) is 24.0. The van der Waals surface area contributed by atoms with Crippen molar-refractivity contribution < 1.29 is 46.9 Å². The number of fused-ring (bicyclic) bond motifs is 2. The Kier molecular flexibility index (Phi) is 12.5. The van der Waals surface area contributed by atoms with Crippen LogP contribution in [0.1, 0.15) is 106 Å². The number of ether oxygens (including phenoxy) is 5. The van der Waals surface area contributed by atoms with Crippen LogP contribution >= 0.6 is 0 Å². The van der Waals surface area contributed by atoms with E-state index in [4.69, 9.17) is 23.7 Å². The number of morpholine rings is 1. The number of piperidine rings is 1. The molecule has 2 aromatic heterocycles. The topological polar surface area (TPSA) is 208 Å². The number of nitrogens with zero attached hydrogens (tertiary/aromatic N) is 4. The molecule has 3 aromatic carbocycles. The van der Waals surface area contributed by atoms with Crippen LogP contribution in [0, 0.1) is 21.4 Å². The molecular weight excluding hydrogens is 905 g/mol. The summed E-state index contributed by atoms with van der Waals surface area (Å²) < 4.78 is 60.4. The monoisotopic (exact) mass is 964 g/mol. The third-order valence-corrected chi connectivity index (χ3v) is 16.6. The molecule has 3 aliphatic heterocycles. The molecule has 18 heteroatoms. The lowest BCUT2D eigenvalue weighted by Crippen LogP contribution is -2.58. The highest BCUT2D eigenvalue weighted by molar-refractivity contribution is 7.90. The molecule has 5 heterocycles. The zero-order valence-corrected chi connectivity index (χ0v) is 40.3. The molecule has 0 bridgehead atoms. The van der Waals surface area contributed by atoms with Gasteiger partial charge >= 0.3 is 5.69 Å². The first kappa shape index (κ1) is 46.8. The molecular formula is C51H60N6O11S. The first-order valence-corrected chi connectivity index (χ1v) is 25.5. The van der Waals surface area contributed by atoms with E-state index in [1.807, 2.05) is 6.07 Å². The van der Waals surface area contributed by atoms with Gasteiger partial charge in [-0.25, -0.2) is 13.1 Å². The number of hydrogen-bond acceptors (Lipinski definition) is 14. The molecule has 69 heavy (non-hydrogen) atoms. The first-order chi connectivity index (χ1) is 33.1. The van der Waals surface area contributed by atoms with E-state index in [9.17, 15) is 28.4 Å². The van der Waals surface area contributed by atoms with E-state index in [-0.39, 0.29) is 58.4 Å². The van der Waals surface area contributed by atoms with Crippen LogP contribution in [-0.2, 0) is 14.8 Å². The van der Waals surface area contributed by atoms with Gasteiger partial charge in [0.15, 0.2) is 11.5 Å². The van der Waals surface area contributed by atoms with E-state index in [0.717, 1.165) is 75.1 Å². The molecule has 10 rings (SSSR count). The number of H-pyrrole nitrogens is 1. The fourth-order valence-electron chi connectivity index (χ4n) is 11.3. The number of nitro groups is 1. The van der Waals surface area contributed by atoms with Gasteiger partial charge in [0.2, 0.25) is 5.75 Å². The average molecular weight is 965 g/mol. The van der Waals surface area contributed by atoms with Crippen molar-refractivity contribution in [2.75, 3.05) is 51.5 Å². The SMILES string of the molecule is COc1nc2[nH]ccc2cc1Oc1cc(N2CCC3(CC2)CC(N2CCOC[C@@H]2c2ccccc2C(C)C)C3)ccc1C(=O)NS(=O)(=O)c1cc2c(c([N+](=O)[O-])c1)O[C@H]([C@H]1CC[C@](C)(O)CC1)CO2. The van der Waals surface area contributed by atoms with Crippen molar-refractivity contribution in [1.82, 2.24) is 19.6 Å². The number of methoxy groups -OCH3 is 1. The minimum absolute atomic E-state index is 0.0147. The summed E-state index contributed by atoms with van der Waals surface area (Å²) in [4.78, 5) is 37.9. The third kappa shape index (κ3) is 9.31. The summed E-state index contributed by atoms with van der Waals surface area (Å²) in [6.07, 6.45) is 7.82. The Morgan fingerprint density at radius 2 is 1.77 bits per heavy atom. The Hall–Kier alpha value is -5.95. The van der Waals surface area contributed by atoms with Crippen LogP contribution in [0.5, 0.6) is 28.9 Å². The molecule has 3 N–H and O–H groups in total. The molecule has 1 amide bonds. The lowest BCUT2D eigenvalue weighted by molar-refractivity contribution is -0.386. The quantitative estimate of drug-likeness (QED) is 0.0793. The van der Waals surface area contributed by atoms with E-state index < -0.39 is 43.1 Å². The predicted molar refractivity (Wildman–Crippen MR) is 257 cm³/mol. The smallest absolute Gasteiger partial charge is 0.316 e. The van der Waals surface area contributed by atoms with Gasteiger partial charge in [0.1, 0.15) is 24.1 Å². The van der Waals surface area contributed by atoms with E-state index in [1.54, 1.807) is 31.3 Å². The second kappa shape index (κ2) is 18.4. The van der Waals surface area contributed by atoms with Crippen molar-refractivity contribution in [3.63, 3.8) is 0 Å². The number of carbonyl (C=O) groups is 1. The number of nitrogens with one attached hydrogen (secondary N) is 2. The standard InChI is InChI=1S/C51H60N6O11S/c1-31(2)37-7-5-6-8-38(37)41-29-65-22-21-56(41)35-27-51(28-35)16-19-55(20-17-51)34-9-10-39(42(24-34)67-44-23-33-13-18-52-47(33)53-49(44)64-4)48(58)54-69(62,63)36-25-40(57(60)61)46-43(26-36)66-30-45(68-46)32-11-14-50(3,59)15-12-32/h5-10,13,18,23-26,31-32,35,41,45,59H,11-12,14-17,19-22,27-30H2,1-4H3,(H,52,53)(H,54,58)/t32-,41-,45+,50-/m1/s1. The van der Waals surface area contributed by atoms with Gasteiger partial charge in [-0.15, -0.1) is 0 Å². The highest BCUT2D eigenvalue weighted by Crippen LogP contribution is 2.54.